The molecule has 114 valence electrons. The molecule has 21 heavy (non-hydrogen) atoms. The summed E-state index contributed by atoms with van der Waals surface area (Å²) in [6.45, 7) is 6.42. The van der Waals surface area contributed by atoms with Crippen molar-refractivity contribution in [3.8, 4) is 0 Å². The maximum atomic E-state index is 12.8. The lowest BCUT2D eigenvalue weighted by molar-refractivity contribution is 0.358. The number of sulfonamides is 1. The van der Waals surface area contributed by atoms with Gasteiger partial charge in [0.25, 0.3) is 0 Å². The highest BCUT2D eigenvalue weighted by Crippen LogP contribution is 2.31. The molecular formula is C17H23NO2S. The molecule has 0 bridgehead atoms. The van der Waals surface area contributed by atoms with Gasteiger partial charge in [-0.25, -0.2) is 8.42 Å². The first-order valence-electron chi connectivity index (χ1n) is 7.35. The number of aryl methyl sites for hydroxylation is 1. The highest BCUT2D eigenvalue weighted by atomic mass is 32.2. The van der Waals surface area contributed by atoms with Gasteiger partial charge in [-0.1, -0.05) is 55.3 Å². The van der Waals surface area contributed by atoms with Crippen LogP contribution in [0.1, 0.15) is 32.3 Å². The highest BCUT2D eigenvalue weighted by molar-refractivity contribution is 7.89. The number of unbranched alkanes of at least 4 members (excludes halogenated alkanes) is 1. The summed E-state index contributed by atoms with van der Waals surface area (Å²) in [4.78, 5) is 0.354. The summed E-state index contributed by atoms with van der Waals surface area (Å²) < 4.78 is 27.2. The van der Waals surface area contributed by atoms with Crippen molar-refractivity contribution in [1.82, 2.24) is 4.31 Å². The molecule has 1 aliphatic rings. The van der Waals surface area contributed by atoms with E-state index in [1.165, 1.54) is 0 Å². The lowest BCUT2D eigenvalue weighted by Crippen LogP contribution is -2.43. The molecule has 0 spiro atoms. The van der Waals surface area contributed by atoms with E-state index in [1.54, 1.807) is 16.4 Å². The first kappa shape index (κ1) is 16.0. The fourth-order valence-electron chi connectivity index (χ4n) is 2.49. The Morgan fingerprint density at radius 2 is 1.95 bits per heavy atom. The van der Waals surface area contributed by atoms with E-state index in [4.69, 9.17) is 0 Å². The maximum absolute atomic E-state index is 12.8. The van der Waals surface area contributed by atoms with Crippen LogP contribution in [0.15, 0.2) is 53.5 Å². The van der Waals surface area contributed by atoms with Crippen LogP contribution in [-0.4, -0.2) is 24.8 Å². The zero-order valence-corrected chi connectivity index (χ0v) is 13.7. The Bertz CT molecular complexity index is 644. The summed E-state index contributed by atoms with van der Waals surface area (Å²) in [6, 6.07) is 7.03. The normalized spacial score (nSPS) is 23.2. The monoisotopic (exact) mass is 305 g/mol. The maximum Gasteiger partial charge on any atom is 0.244 e. The van der Waals surface area contributed by atoms with Crippen LogP contribution in [0, 0.1) is 6.92 Å². The fourth-order valence-corrected chi connectivity index (χ4v) is 4.15. The molecule has 1 unspecified atom stereocenters. The summed E-state index contributed by atoms with van der Waals surface area (Å²) in [5, 5.41) is 0. The minimum Gasteiger partial charge on any atom is -0.207 e. The van der Waals surface area contributed by atoms with E-state index >= 15 is 0 Å². The molecule has 2 rings (SSSR count). The second kappa shape index (κ2) is 6.16. The van der Waals surface area contributed by atoms with Gasteiger partial charge in [-0.15, -0.1) is 0 Å². The third-order valence-corrected chi connectivity index (χ3v) is 5.77. The highest BCUT2D eigenvalue weighted by Gasteiger charge is 2.39. The Kier molecular flexibility index (Phi) is 4.69. The first-order chi connectivity index (χ1) is 9.90. The lowest BCUT2D eigenvalue weighted by atomic mass is 10.0. The standard InChI is InChI=1S/C17H23NO2S/c1-4-5-6-12-17(3)13-7-14-18(17)21(19,20)16-10-8-15(2)9-11-16/h6-13H,4-5,14H2,1-3H3/b12-6+. The molecule has 0 radical (unpaired) electrons. The van der Waals surface area contributed by atoms with Gasteiger partial charge < -0.3 is 0 Å². The number of nitrogens with zero attached hydrogens (tertiary/aromatic N) is 1. The van der Waals surface area contributed by atoms with Crippen LogP contribution in [0.2, 0.25) is 0 Å². The molecule has 1 heterocycles. The molecule has 0 saturated heterocycles. The van der Waals surface area contributed by atoms with E-state index in [9.17, 15) is 8.42 Å². The van der Waals surface area contributed by atoms with Gasteiger partial charge in [0, 0.05) is 6.54 Å². The minimum absolute atomic E-state index is 0.354. The zero-order valence-electron chi connectivity index (χ0n) is 12.9. The van der Waals surface area contributed by atoms with Crippen LogP contribution in [0.25, 0.3) is 0 Å². The molecule has 1 aliphatic heterocycles. The van der Waals surface area contributed by atoms with Gasteiger partial charge in [0.15, 0.2) is 0 Å². The number of rotatable bonds is 5. The Morgan fingerprint density at radius 1 is 1.29 bits per heavy atom. The number of allylic oxidation sites excluding steroid dienone is 1. The quantitative estimate of drug-likeness (QED) is 0.778. The van der Waals surface area contributed by atoms with Crippen LogP contribution in [0.3, 0.4) is 0 Å². The van der Waals surface area contributed by atoms with Gasteiger partial charge >= 0.3 is 0 Å². The molecule has 0 N–H and O–H groups in total. The second-order valence-electron chi connectivity index (χ2n) is 5.67. The van der Waals surface area contributed by atoms with Crippen molar-refractivity contribution in [1.29, 1.82) is 0 Å². The molecule has 0 fully saturated rings. The van der Waals surface area contributed by atoms with E-state index < -0.39 is 15.6 Å². The molecule has 0 saturated carbocycles. The van der Waals surface area contributed by atoms with Gasteiger partial charge in [0.1, 0.15) is 0 Å². The van der Waals surface area contributed by atoms with Crippen LogP contribution >= 0.6 is 0 Å². The molecule has 1 aromatic carbocycles. The van der Waals surface area contributed by atoms with Gasteiger partial charge in [0.2, 0.25) is 10.0 Å². The van der Waals surface area contributed by atoms with Gasteiger partial charge in [-0.3, -0.25) is 0 Å². The minimum atomic E-state index is -3.48. The topological polar surface area (TPSA) is 37.4 Å². The Labute approximate surface area is 128 Å². The zero-order chi connectivity index (χ0) is 15.5. The Balaban J connectivity index is 2.33. The Hall–Kier alpha value is -1.39. The second-order valence-corrected chi connectivity index (χ2v) is 7.53. The lowest BCUT2D eigenvalue weighted by Gasteiger charge is -2.31. The third-order valence-electron chi connectivity index (χ3n) is 3.78. The van der Waals surface area contributed by atoms with Crippen molar-refractivity contribution >= 4 is 10.0 Å². The van der Waals surface area contributed by atoms with E-state index in [2.05, 4.69) is 13.0 Å². The average Bonchev–Trinajstić information content (AvgIpc) is 2.82. The summed E-state index contributed by atoms with van der Waals surface area (Å²) in [7, 11) is -3.48. The van der Waals surface area contributed by atoms with E-state index in [0.29, 0.717) is 11.4 Å². The molecule has 1 atom stereocenters. The molecule has 0 aliphatic carbocycles. The Morgan fingerprint density at radius 3 is 2.57 bits per heavy atom. The number of hydrogen-bond donors (Lipinski definition) is 0. The summed E-state index contributed by atoms with van der Waals surface area (Å²) in [5.41, 5.74) is 0.484. The van der Waals surface area contributed by atoms with Crippen LogP contribution in [-0.2, 0) is 10.0 Å². The number of benzene rings is 1. The molecule has 1 aromatic rings. The van der Waals surface area contributed by atoms with Crippen molar-refractivity contribution in [2.45, 2.75) is 44.0 Å². The average molecular weight is 305 g/mol. The van der Waals surface area contributed by atoms with Crippen LogP contribution in [0.5, 0.6) is 0 Å². The van der Waals surface area contributed by atoms with Crippen molar-refractivity contribution < 1.29 is 8.42 Å². The van der Waals surface area contributed by atoms with Crippen molar-refractivity contribution in [3.05, 3.63) is 54.1 Å². The van der Waals surface area contributed by atoms with Gasteiger partial charge in [0.05, 0.1) is 10.4 Å². The summed E-state index contributed by atoms with van der Waals surface area (Å²) >= 11 is 0. The fraction of sp³-hybridized carbons (Fsp3) is 0.412. The number of hydrogen-bond acceptors (Lipinski definition) is 2. The molecule has 0 amide bonds. The smallest absolute Gasteiger partial charge is 0.207 e. The van der Waals surface area contributed by atoms with Crippen molar-refractivity contribution in [2.75, 3.05) is 6.54 Å². The van der Waals surface area contributed by atoms with Gasteiger partial charge in [-0.05, 0) is 32.4 Å². The van der Waals surface area contributed by atoms with Crippen LogP contribution in [0.4, 0.5) is 0 Å². The SMILES string of the molecule is CCC/C=C/C1(C)C=CCN1S(=O)(=O)c1ccc(C)cc1. The first-order valence-corrected chi connectivity index (χ1v) is 8.79. The predicted molar refractivity (Wildman–Crippen MR) is 86.7 cm³/mol. The summed E-state index contributed by atoms with van der Waals surface area (Å²) in [6.07, 6.45) is 9.95. The van der Waals surface area contributed by atoms with E-state index in [1.807, 2.05) is 44.2 Å². The van der Waals surface area contributed by atoms with Crippen molar-refractivity contribution in [3.63, 3.8) is 0 Å². The molecule has 4 heteroatoms. The van der Waals surface area contributed by atoms with Crippen molar-refractivity contribution in [2.24, 2.45) is 0 Å². The van der Waals surface area contributed by atoms with Gasteiger partial charge in [-0.2, -0.15) is 4.31 Å². The summed E-state index contributed by atoms with van der Waals surface area (Å²) in [5.74, 6) is 0. The predicted octanol–water partition coefficient (Wildman–Crippen LogP) is 3.67. The van der Waals surface area contributed by atoms with Crippen LogP contribution < -0.4 is 0 Å². The molecule has 0 aromatic heterocycles. The molecule has 3 nitrogen and oxygen atoms in total. The largest absolute Gasteiger partial charge is 0.244 e. The molecular weight excluding hydrogens is 282 g/mol. The van der Waals surface area contributed by atoms with E-state index in [0.717, 1.165) is 18.4 Å². The third kappa shape index (κ3) is 3.27. The van der Waals surface area contributed by atoms with E-state index in [-0.39, 0.29) is 0 Å².